The highest BCUT2D eigenvalue weighted by Gasteiger charge is 2.10. The van der Waals surface area contributed by atoms with Crippen LogP contribution in [0.3, 0.4) is 0 Å². The fraction of sp³-hybridized carbons (Fsp3) is 0.200. The molecule has 0 aliphatic carbocycles. The molecule has 0 unspecified atom stereocenters. The third-order valence-corrected chi connectivity index (χ3v) is 5.15. The number of aromatic amines is 1. The lowest BCUT2D eigenvalue weighted by molar-refractivity contribution is -0.116. The third-order valence-electron chi connectivity index (χ3n) is 4.21. The maximum absolute atomic E-state index is 12.3. The van der Waals surface area contributed by atoms with E-state index in [2.05, 4.69) is 21.4 Å². The van der Waals surface area contributed by atoms with E-state index in [0.717, 1.165) is 27.0 Å². The minimum Gasteiger partial charge on any atom is -0.494 e. The number of carbonyl (C=O) groups is 1. The van der Waals surface area contributed by atoms with Gasteiger partial charge in [-0.2, -0.15) is 0 Å². The Hall–Kier alpha value is -2.86. The van der Waals surface area contributed by atoms with Crippen molar-refractivity contribution in [3.05, 3.63) is 54.2 Å². The molecule has 0 saturated carbocycles. The molecule has 2 N–H and O–H groups in total. The number of nitrogens with one attached hydrogen (secondary N) is 2. The molecular formula is C20H19N3O2S. The van der Waals surface area contributed by atoms with Gasteiger partial charge in [0.1, 0.15) is 5.75 Å². The summed E-state index contributed by atoms with van der Waals surface area (Å²) in [6.45, 7) is 2.58. The van der Waals surface area contributed by atoms with Crippen LogP contribution in [0, 0.1) is 0 Å². The second-order valence-corrected chi connectivity index (χ2v) is 7.02. The predicted molar refractivity (Wildman–Crippen MR) is 106 cm³/mol. The summed E-state index contributed by atoms with van der Waals surface area (Å²) in [7, 11) is 0. The average molecular weight is 365 g/mol. The molecule has 1 amide bonds. The molecule has 2 aromatic heterocycles. The van der Waals surface area contributed by atoms with Gasteiger partial charge in [0.05, 0.1) is 16.8 Å². The van der Waals surface area contributed by atoms with Gasteiger partial charge in [-0.1, -0.05) is 29.5 Å². The first kappa shape index (κ1) is 16.6. The Morgan fingerprint density at radius 2 is 2.15 bits per heavy atom. The normalized spacial score (nSPS) is 11.1. The quantitative estimate of drug-likeness (QED) is 0.518. The van der Waals surface area contributed by atoms with Crippen LogP contribution in [0.25, 0.3) is 21.1 Å². The zero-order chi connectivity index (χ0) is 17.9. The van der Waals surface area contributed by atoms with E-state index in [9.17, 15) is 4.79 Å². The van der Waals surface area contributed by atoms with Crippen LogP contribution in [0.1, 0.15) is 18.9 Å². The standard InChI is InChI=1S/C20H19N3O2S/c1-2-25-14-8-9-17-18(11-14)26-20(22-17)23-19(24)10-7-13-12-21-16-6-4-3-5-15(13)16/h3-6,8-9,11-12,21H,2,7,10H2,1H3,(H,22,23,24). The summed E-state index contributed by atoms with van der Waals surface area (Å²) in [4.78, 5) is 20.0. The van der Waals surface area contributed by atoms with E-state index >= 15 is 0 Å². The lowest BCUT2D eigenvalue weighted by Gasteiger charge is -2.01. The molecule has 4 aromatic rings. The van der Waals surface area contributed by atoms with Gasteiger partial charge in [0.2, 0.25) is 5.91 Å². The van der Waals surface area contributed by atoms with E-state index in [-0.39, 0.29) is 5.91 Å². The van der Waals surface area contributed by atoms with Gasteiger partial charge < -0.3 is 15.0 Å². The van der Waals surface area contributed by atoms with Crippen molar-refractivity contribution in [2.24, 2.45) is 0 Å². The lowest BCUT2D eigenvalue weighted by Crippen LogP contribution is -2.11. The summed E-state index contributed by atoms with van der Waals surface area (Å²) in [5.41, 5.74) is 3.12. The summed E-state index contributed by atoms with van der Waals surface area (Å²) < 4.78 is 6.51. The number of benzene rings is 2. The number of aromatic nitrogens is 2. The van der Waals surface area contributed by atoms with Gasteiger partial charge in [0.15, 0.2) is 5.13 Å². The number of nitrogens with zero attached hydrogens (tertiary/aromatic N) is 1. The zero-order valence-electron chi connectivity index (χ0n) is 14.4. The number of H-pyrrole nitrogens is 1. The Labute approximate surface area is 155 Å². The van der Waals surface area contributed by atoms with Gasteiger partial charge in [-0.25, -0.2) is 4.98 Å². The van der Waals surface area contributed by atoms with Crippen molar-refractivity contribution in [1.82, 2.24) is 9.97 Å². The number of rotatable bonds is 6. The largest absolute Gasteiger partial charge is 0.494 e. The number of fused-ring (bicyclic) bond motifs is 2. The number of thiazole rings is 1. The van der Waals surface area contributed by atoms with Crippen LogP contribution in [-0.4, -0.2) is 22.5 Å². The Kier molecular flexibility index (Phi) is 4.58. The highest BCUT2D eigenvalue weighted by atomic mass is 32.1. The highest BCUT2D eigenvalue weighted by molar-refractivity contribution is 7.22. The number of hydrogen-bond acceptors (Lipinski definition) is 4. The molecule has 0 fully saturated rings. The molecular weight excluding hydrogens is 346 g/mol. The van der Waals surface area contributed by atoms with E-state index in [0.29, 0.717) is 24.6 Å². The first-order chi connectivity index (χ1) is 12.7. The third kappa shape index (κ3) is 3.41. The molecule has 0 saturated heterocycles. The monoisotopic (exact) mass is 365 g/mol. The Balaban J connectivity index is 1.42. The Bertz CT molecular complexity index is 1070. The minimum absolute atomic E-state index is 0.0284. The summed E-state index contributed by atoms with van der Waals surface area (Å²) in [5.74, 6) is 0.792. The van der Waals surface area contributed by atoms with Crippen molar-refractivity contribution in [2.45, 2.75) is 19.8 Å². The van der Waals surface area contributed by atoms with E-state index in [4.69, 9.17) is 4.74 Å². The van der Waals surface area contributed by atoms with Gasteiger partial charge in [-0.15, -0.1) is 0 Å². The molecule has 132 valence electrons. The predicted octanol–water partition coefficient (Wildman–Crippen LogP) is 4.75. The van der Waals surface area contributed by atoms with Gasteiger partial charge in [-0.3, -0.25) is 4.79 Å². The number of aryl methyl sites for hydroxylation is 1. The van der Waals surface area contributed by atoms with Crippen LogP contribution < -0.4 is 10.1 Å². The number of carbonyl (C=O) groups excluding carboxylic acids is 1. The molecule has 6 heteroatoms. The van der Waals surface area contributed by atoms with Gasteiger partial charge in [0.25, 0.3) is 0 Å². The van der Waals surface area contributed by atoms with Crippen molar-refractivity contribution >= 4 is 43.5 Å². The molecule has 2 heterocycles. The van der Waals surface area contributed by atoms with Crippen LogP contribution in [-0.2, 0) is 11.2 Å². The van der Waals surface area contributed by atoms with Crippen LogP contribution in [0.2, 0.25) is 0 Å². The van der Waals surface area contributed by atoms with Crippen molar-refractivity contribution in [3.8, 4) is 5.75 Å². The molecule has 0 atom stereocenters. The molecule has 5 nitrogen and oxygen atoms in total. The van der Waals surface area contributed by atoms with E-state index in [1.54, 1.807) is 0 Å². The summed E-state index contributed by atoms with van der Waals surface area (Å²) in [6, 6.07) is 13.9. The number of amides is 1. The average Bonchev–Trinajstić information content (AvgIpc) is 3.23. The number of para-hydroxylation sites is 1. The number of hydrogen-bond donors (Lipinski definition) is 2. The lowest BCUT2D eigenvalue weighted by atomic mass is 10.1. The van der Waals surface area contributed by atoms with Crippen molar-refractivity contribution < 1.29 is 9.53 Å². The van der Waals surface area contributed by atoms with Crippen LogP contribution in [0.15, 0.2) is 48.7 Å². The first-order valence-corrected chi connectivity index (χ1v) is 9.43. The van der Waals surface area contributed by atoms with Gasteiger partial charge >= 0.3 is 0 Å². The first-order valence-electron chi connectivity index (χ1n) is 8.61. The van der Waals surface area contributed by atoms with Crippen molar-refractivity contribution in [1.29, 1.82) is 0 Å². The van der Waals surface area contributed by atoms with E-state index in [1.165, 1.54) is 16.7 Å². The van der Waals surface area contributed by atoms with Gasteiger partial charge in [0, 0.05) is 23.5 Å². The molecule has 0 aliphatic heterocycles. The molecule has 2 aromatic carbocycles. The van der Waals surface area contributed by atoms with E-state index < -0.39 is 0 Å². The maximum atomic E-state index is 12.3. The van der Waals surface area contributed by atoms with Crippen LogP contribution in [0.5, 0.6) is 5.75 Å². The van der Waals surface area contributed by atoms with E-state index in [1.807, 2.05) is 49.5 Å². The summed E-state index contributed by atoms with van der Waals surface area (Å²) in [6.07, 6.45) is 3.09. The second kappa shape index (κ2) is 7.17. The summed E-state index contributed by atoms with van der Waals surface area (Å²) in [5, 5.41) is 4.70. The topological polar surface area (TPSA) is 67.0 Å². The molecule has 0 radical (unpaired) electrons. The molecule has 26 heavy (non-hydrogen) atoms. The van der Waals surface area contributed by atoms with Crippen LogP contribution >= 0.6 is 11.3 Å². The van der Waals surface area contributed by atoms with Crippen LogP contribution in [0.4, 0.5) is 5.13 Å². The fourth-order valence-corrected chi connectivity index (χ4v) is 3.89. The fourth-order valence-electron chi connectivity index (χ4n) is 2.98. The highest BCUT2D eigenvalue weighted by Crippen LogP contribution is 2.29. The second-order valence-electron chi connectivity index (χ2n) is 5.99. The molecule has 0 spiro atoms. The Morgan fingerprint density at radius 3 is 3.04 bits per heavy atom. The smallest absolute Gasteiger partial charge is 0.226 e. The van der Waals surface area contributed by atoms with Crippen molar-refractivity contribution in [2.75, 3.05) is 11.9 Å². The maximum Gasteiger partial charge on any atom is 0.226 e. The van der Waals surface area contributed by atoms with Gasteiger partial charge in [-0.05, 0) is 43.2 Å². The number of ether oxygens (including phenoxy) is 1. The number of anilines is 1. The summed E-state index contributed by atoms with van der Waals surface area (Å²) >= 11 is 1.46. The molecule has 0 bridgehead atoms. The van der Waals surface area contributed by atoms with Crippen molar-refractivity contribution in [3.63, 3.8) is 0 Å². The minimum atomic E-state index is -0.0284. The Morgan fingerprint density at radius 1 is 1.27 bits per heavy atom. The SMILES string of the molecule is CCOc1ccc2nc(NC(=O)CCc3c[nH]c4ccccc34)sc2c1. The molecule has 4 rings (SSSR count). The molecule has 0 aliphatic rings. The zero-order valence-corrected chi connectivity index (χ0v) is 15.2.